The van der Waals surface area contributed by atoms with Crippen LogP contribution in [0.1, 0.15) is 22.3 Å². The molecular formula is C20H14ClN2O5S2-. The van der Waals surface area contributed by atoms with E-state index in [2.05, 4.69) is 5.32 Å². The number of hydrogen-bond acceptors (Lipinski definition) is 6. The number of thioether (sulfide) groups is 1. The Morgan fingerprint density at radius 2 is 1.93 bits per heavy atom. The standard InChI is InChI=1S/C20H15ClN2O5S2/c21-12-3-1-11(2-4-12)9-16-18(26)23(20(29)30-16)8-7-17(25)22-13-5-6-14(19(27)28)15(24)10-13/h1-6,9-10,24H,7-8H2,(H,22,25)(H,27,28)/p-1/b16-9-. The average molecular weight is 462 g/mol. The summed E-state index contributed by atoms with van der Waals surface area (Å²) in [5, 5.41) is 23.7. The Labute approximate surface area is 186 Å². The molecule has 30 heavy (non-hydrogen) atoms. The predicted molar refractivity (Wildman–Crippen MR) is 117 cm³/mol. The summed E-state index contributed by atoms with van der Waals surface area (Å²) < 4.78 is 0.348. The molecular weight excluding hydrogens is 448 g/mol. The molecule has 2 aromatic carbocycles. The van der Waals surface area contributed by atoms with Gasteiger partial charge in [-0.05, 0) is 42.0 Å². The molecule has 2 N–H and O–H groups in total. The number of carboxylic acids is 1. The monoisotopic (exact) mass is 461 g/mol. The van der Waals surface area contributed by atoms with Crippen LogP contribution in [-0.4, -0.2) is 38.7 Å². The van der Waals surface area contributed by atoms with Crippen molar-refractivity contribution in [1.82, 2.24) is 4.90 Å². The van der Waals surface area contributed by atoms with Crippen LogP contribution in [0, 0.1) is 0 Å². The van der Waals surface area contributed by atoms with E-state index in [1.807, 2.05) is 0 Å². The number of benzene rings is 2. The lowest BCUT2D eigenvalue weighted by Crippen LogP contribution is -2.31. The number of nitrogens with one attached hydrogen (secondary N) is 1. The van der Waals surface area contributed by atoms with Gasteiger partial charge < -0.3 is 15.5 Å². The molecule has 3 rings (SSSR count). The third-order valence-electron chi connectivity index (χ3n) is 4.10. The summed E-state index contributed by atoms with van der Waals surface area (Å²) in [4.78, 5) is 37.4. The third-order valence-corrected chi connectivity index (χ3v) is 5.73. The fourth-order valence-electron chi connectivity index (χ4n) is 2.62. The Bertz CT molecular complexity index is 1070. The lowest BCUT2D eigenvalue weighted by molar-refractivity contribution is -0.268. The van der Waals surface area contributed by atoms with Gasteiger partial charge in [0.2, 0.25) is 5.91 Å². The van der Waals surface area contributed by atoms with Crippen LogP contribution in [0.15, 0.2) is 47.4 Å². The van der Waals surface area contributed by atoms with Crippen molar-refractivity contribution in [3.8, 4) is 5.75 Å². The van der Waals surface area contributed by atoms with Gasteiger partial charge >= 0.3 is 5.97 Å². The van der Waals surface area contributed by atoms with Crippen LogP contribution in [0.25, 0.3) is 6.08 Å². The van der Waals surface area contributed by atoms with Crippen LogP contribution in [-0.2, 0) is 9.59 Å². The molecule has 7 nitrogen and oxygen atoms in total. The molecule has 0 aliphatic carbocycles. The number of aromatic carboxylic acids is 1. The second-order valence-corrected chi connectivity index (χ2v) is 8.31. The van der Waals surface area contributed by atoms with Crippen molar-refractivity contribution in [1.29, 1.82) is 0 Å². The van der Waals surface area contributed by atoms with E-state index >= 15 is 0 Å². The molecule has 0 radical (unpaired) electrons. The molecule has 2 amide bonds. The molecule has 154 valence electrons. The van der Waals surface area contributed by atoms with Gasteiger partial charge in [0.05, 0.1) is 10.5 Å². The molecule has 1 aliphatic heterocycles. The van der Waals surface area contributed by atoms with Crippen LogP contribution >= 0.6 is 35.6 Å². The maximum Gasteiger partial charge on any atom is 0.335 e. The minimum Gasteiger partial charge on any atom is -0.872 e. The zero-order chi connectivity index (χ0) is 21.8. The summed E-state index contributed by atoms with van der Waals surface area (Å²) in [7, 11) is 0. The molecule has 0 bridgehead atoms. The maximum atomic E-state index is 12.6. The summed E-state index contributed by atoms with van der Waals surface area (Å²) >= 11 is 12.3. The first-order chi connectivity index (χ1) is 14.2. The highest BCUT2D eigenvalue weighted by Gasteiger charge is 2.32. The maximum absolute atomic E-state index is 12.6. The van der Waals surface area contributed by atoms with Crippen LogP contribution in [0.4, 0.5) is 5.69 Å². The van der Waals surface area contributed by atoms with Crippen molar-refractivity contribution in [3.05, 3.63) is 63.5 Å². The van der Waals surface area contributed by atoms with Crippen LogP contribution < -0.4 is 10.4 Å². The lowest BCUT2D eigenvalue weighted by Gasteiger charge is -2.15. The number of carbonyl (C=O) groups excluding carboxylic acids is 2. The van der Waals surface area contributed by atoms with Crippen LogP contribution in [0.5, 0.6) is 5.75 Å². The number of carboxylic acid groups (broad SMARTS) is 1. The molecule has 0 unspecified atom stereocenters. The van der Waals surface area contributed by atoms with Gasteiger partial charge in [-0.25, -0.2) is 4.79 Å². The van der Waals surface area contributed by atoms with Crippen molar-refractivity contribution in [2.24, 2.45) is 0 Å². The molecule has 10 heteroatoms. The summed E-state index contributed by atoms with van der Waals surface area (Å²) in [5.41, 5.74) is 0.608. The largest absolute Gasteiger partial charge is 0.872 e. The summed E-state index contributed by atoms with van der Waals surface area (Å²) in [5.74, 6) is -2.77. The van der Waals surface area contributed by atoms with E-state index in [1.54, 1.807) is 30.3 Å². The van der Waals surface area contributed by atoms with Gasteiger partial charge in [-0.15, -0.1) is 0 Å². The molecule has 1 aliphatic rings. The number of halogens is 1. The van der Waals surface area contributed by atoms with Gasteiger partial charge in [0.25, 0.3) is 5.91 Å². The van der Waals surface area contributed by atoms with Crippen LogP contribution in [0.3, 0.4) is 0 Å². The number of amides is 2. The molecule has 2 aromatic rings. The Hall–Kier alpha value is -2.88. The Morgan fingerprint density at radius 1 is 1.23 bits per heavy atom. The smallest absolute Gasteiger partial charge is 0.335 e. The fraction of sp³-hybridized carbons (Fsp3) is 0.100. The molecule has 0 aromatic heterocycles. The number of anilines is 1. The van der Waals surface area contributed by atoms with Gasteiger partial charge in [-0.1, -0.05) is 53.5 Å². The summed E-state index contributed by atoms with van der Waals surface area (Å²) in [6.45, 7) is 0.0753. The topological polar surface area (TPSA) is 110 Å². The van der Waals surface area contributed by atoms with E-state index in [9.17, 15) is 19.5 Å². The highest BCUT2D eigenvalue weighted by molar-refractivity contribution is 8.26. The van der Waals surface area contributed by atoms with Gasteiger partial charge in [0.1, 0.15) is 4.32 Å². The van der Waals surface area contributed by atoms with Gasteiger partial charge in [-0.2, -0.15) is 0 Å². The minimum absolute atomic E-state index is 0.0461. The van der Waals surface area contributed by atoms with Gasteiger partial charge in [0.15, 0.2) is 0 Å². The van der Waals surface area contributed by atoms with E-state index in [4.69, 9.17) is 28.9 Å². The van der Waals surface area contributed by atoms with E-state index in [0.29, 0.717) is 14.2 Å². The number of thiocarbonyl (C=S) groups is 1. The molecule has 0 spiro atoms. The van der Waals surface area contributed by atoms with E-state index in [1.165, 1.54) is 11.0 Å². The zero-order valence-corrected chi connectivity index (χ0v) is 17.6. The number of hydrogen-bond donors (Lipinski definition) is 2. The van der Waals surface area contributed by atoms with Crippen LogP contribution in [0.2, 0.25) is 5.02 Å². The molecule has 0 saturated carbocycles. The Morgan fingerprint density at radius 3 is 2.57 bits per heavy atom. The summed E-state index contributed by atoms with van der Waals surface area (Å²) in [6, 6.07) is 10.5. The Balaban J connectivity index is 1.60. The third kappa shape index (κ3) is 5.18. The molecule has 1 saturated heterocycles. The summed E-state index contributed by atoms with van der Waals surface area (Å²) in [6.07, 6.45) is 1.66. The lowest BCUT2D eigenvalue weighted by atomic mass is 10.2. The van der Waals surface area contributed by atoms with Crippen molar-refractivity contribution >= 4 is 69.4 Å². The number of carbonyl (C=O) groups is 3. The first kappa shape index (κ1) is 21.8. The highest BCUT2D eigenvalue weighted by Crippen LogP contribution is 2.32. The quantitative estimate of drug-likeness (QED) is 0.501. The second kappa shape index (κ2) is 9.29. The fourth-order valence-corrected chi connectivity index (χ4v) is 4.05. The number of rotatable bonds is 6. The van der Waals surface area contributed by atoms with E-state index in [-0.39, 0.29) is 30.1 Å². The van der Waals surface area contributed by atoms with Crippen molar-refractivity contribution < 1.29 is 24.6 Å². The molecule has 1 heterocycles. The van der Waals surface area contributed by atoms with E-state index < -0.39 is 17.6 Å². The SMILES string of the molecule is O=C(CCN1C(=O)/C(=C/c2ccc(Cl)cc2)SC1=S)Nc1ccc(C(=O)O)c([O-])c1. The number of nitrogens with zero attached hydrogens (tertiary/aromatic N) is 1. The second-order valence-electron chi connectivity index (χ2n) is 6.20. The molecule has 1 fully saturated rings. The van der Waals surface area contributed by atoms with Crippen molar-refractivity contribution in [2.75, 3.05) is 11.9 Å². The van der Waals surface area contributed by atoms with Crippen molar-refractivity contribution in [2.45, 2.75) is 6.42 Å². The zero-order valence-electron chi connectivity index (χ0n) is 15.3. The van der Waals surface area contributed by atoms with Crippen molar-refractivity contribution in [3.63, 3.8) is 0 Å². The van der Waals surface area contributed by atoms with Gasteiger partial charge in [-0.3, -0.25) is 14.5 Å². The van der Waals surface area contributed by atoms with Gasteiger partial charge in [0, 0.05) is 23.7 Å². The minimum atomic E-state index is -1.33. The average Bonchev–Trinajstić information content (AvgIpc) is 2.94. The molecule has 0 atom stereocenters. The first-order valence-corrected chi connectivity index (χ1v) is 10.2. The highest BCUT2D eigenvalue weighted by atomic mass is 35.5. The Kier molecular flexibility index (Phi) is 6.76. The predicted octanol–water partition coefficient (Wildman–Crippen LogP) is 3.34. The first-order valence-electron chi connectivity index (χ1n) is 8.60. The normalized spacial score (nSPS) is 15.0. The van der Waals surface area contributed by atoms with E-state index in [0.717, 1.165) is 29.5 Å².